The van der Waals surface area contributed by atoms with Crippen LogP contribution in [0.1, 0.15) is 17.3 Å². The molecule has 2 aromatic rings. The van der Waals surface area contributed by atoms with Crippen LogP contribution in [0.5, 0.6) is 0 Å². The van der Waals surface area contributed by atoms with Gasteiger partial charge in [0.25, 0.3) is 0 Å². The van der Waals surface area contributed by atoms with Crippen molar-refractivity contribution in [3.8, 4) is 0 Å². The van der Waals surface area contributed by atoms with E-state index >= 15 is 0 Å². The molecule has 0 heterocycles. The van der Waals surface area contributed by atoms with Crippen molar-refractivity contribution in [3.05, 3.63) is 74.9 Å². The smallest absolute Gasteiger partial charge is 0.343 e. The molecule has 28 heavy (non-hydrogen) atoms. The zero-order chi connectivity index (χ0) is 21.0. The van der Waals surface area contributed by atoms with Crippen LogP contribution in [0.15, 0.2) is 36.0 Å². The number of rotatable bonds is 6. The van der Waals surface area contributed by atoms with Crippen molar-refractivity contribution in [1.82, 2.24) is 0 Å². The van der Waals surface area contributed by atoms with Crippen LogP contribution in [-0.2, 0) is 9.53 Å². The molecule has 0 bridgehead atoms. The van der Waals surface area contributed by atoms with E-state index in [9.17, 15) is 27.2 Å². The lowest BCUT2D eigenvalue weighted by Crippen LogP contribution is -2.19. The molecule has 0 saturated heterocycles. The maximum Gasteiger partial charge on any atom is 0.343 e. The minimum atomic E-state index is -1.33. The van der Waals surface area contributed by atoms with Crippen LogP contribution >= 0.6 is 23.2 Å². The van der Waals surface area contributed by atoms with Crippen LogP contribution in [0.25, 0.3) is 0 Å². The SMILES string of the molecule is CCOC(=O)/C(=C\Nc1ccc(F)cc1F)C(=O)c1c(F)cc(Cl)c(F)c1Cl. The quantitative estimate of drug-likeness (QED) is 0.0978. The highest BCUT2D eigenvalue weighted by Crippen LogP contribution is 2.31. The van der Waals surface area contributed by atoms with Gasteiger partial charge in [-0.2, -0.15) is 0 Å². The number of hydrogen-bond donors (Lipinski definition) is 1. The van der Waals surface area contributed by atoms with E-state index in [1.54, 1.807) is 0 Å². The minimum absolute atomic E-state index is 0.139. The number of ketones is 1. The van der Waals surface area contributed by atoms with Gasteiger partial charge in [-0.15, -0.1) is 0 Å². The topological polar surface area (TPSA) is 55.4 Å². The van der Waals surface area contributed by atoms with Crippen LogP contribution < -0.4 is 5.32 Å². The standard InChI is InChI=1S/C18H11Cl2F4NO3/c1-2-28-18(27)9(7-25-13-4-3-8(21)5-11(13)22)17(26)14-12(23)6-10(19)16(24)15(14)20/h3-7,25H,2H2,1H3/b9-7-. The Hall–Kier alpha value is -2.58. The summed E-state index contributed by atoms with van der Waals surface area (Å²) in [5, 5.41) is 0.692. The number of Topliss-reactive ketones (excluding diaryl/α,β-unsaturated/α-hetero) is 1. The zero-order valence-corrected chi connectivity index (χ0v) is 15.6. The Kier molecular flexibility index (Phi) is 7.04. The molecule has 0 saturated carbocycles. The monoisotopic (exact) mass is 435 g/mol. The first-order valence-corrected chi connectivity index (χ1v) is 8.39. The van der Waals surface area contributed by atoms with Gasteiger partial charge in [-0.05, 0) is 25.1 Å². The average molecular weight is 436 g/mol. The van der Waals surface area contributed by atoms with E-state index < -0.39 is 56.2 Å². The molecule has 0 amide bonds. The summed E-state index contributed by atoms with van der Waals surface area (Å²) in [6, 6.07) is 3.01. The summed E-state index contributed by atoms with van der Waals surface area (Å²) in [7, 11) is 0. The number of carbonyl (C=O) groups excluding carboxylic acids is 2. The molecule has 10 heteroatoms. The minimum Gasteiger partial charge on any atom is -0.462 e. The van der Waals surface area contributed by atoms with E-state index in [2.05, 4.69) is 5.32 Å². The number of carbonyl (C=O) groups is 2. The molecule has 0 atom stereocenters. The molecule has 0 aromatic heterocycles. The van der Waals surface area contributed by atoms with Gasteiger partial charge in [-0.3, -0.25) is 4.79 Å². The van der Waals surface area contributed by atoms with Crippen molar-refractivity contribution in [3.63, 3.8) is 0 Å². The summed E-state index contributed by atoms with van der Waals surface area (Å²) in [5.41, 5.74) is -2.04. The van der Waals surface area contributed by atoms with Gasteiger partial charge in [0, 0.05) is 12.3 Å². The van der Waals surface area contributed by atoms with Gasteiger partial charge < -0.3 is 10.1 Å². The van der Waals surface area contributed by atoms with Crippen molar-refractivity contribution in [2.75, 3.05) is 11.9 Å². The van der Waals surface area contributed by atoms with Crippen molar-refractivity contribution in [2.24, 2.45) is 0 Å². The summed E-state index contributed by atoms with van der Waals surface area (Å²) < 4.78 is 59.4. The van der Waals surface area contributed by atoms with Crippen molar-refractivity contribution < 1.29 is 31.9 Å². The fourth-order valence-corrected chi connectivity index (χ4v) is 2.61. The van der Waals surface area contributed by atoms with Crippen LogP contribution in [0.3, 0.4) is 0 Å². The second kappa shape index (κ2) is 9.07. The molecule has 0 aliphatic carbocycles. The Bertz CT molecular complexity index is 980. The Labute approximate surface area is 166 Å². The van der Waals surface area contributed by atoms with Crippen molar-refractivity contribution >= 4 is 40.6 Å². The first kappa shape index (κ1) is 21.7. The molecule has 4 nitrogen and oxygen atoms in total. The second-order valence-corrected chi connectivity index (χ2v) is 6.00. The summed E-state index contributed by atoms with van der Waals surface area (Å²) >= 11 is 11.1. The van der Waals surface area contributed by atoms with E-state index in [1.807, 2.05) is 0 Å². The third kappa shape index (κ3) is 4.63. The van der Waals surface area contributed by atoms with Gasteiger partial charge >= 0.3 is 5.97 Å². The fraction of sp³-hybridized carbons (Fsp3) is 0.111. The number of benzene rings is 2. The maximum absolute atomic E-state index is 14.2. The highest BCUT2D eigenvalue weighted by molar-refractivity contribution is 6.39. The number of esters is 1. The number of anilines is 1. The summed E-state index contributed by atoms with van der Waals surface area (Å²) in [5.74, 6) is -6.92. The largest absolute Gasteiger partial charge is 0.462 e. The number of hydrogen-bond acceptors (Lipinski definition) is 4. The normalized spacial score (nSPS) is 11.3. The average Bonchev–Trinajstić information content (AvgIpc) is 2.62. The molecule has 0 radical (unpaired) electrons. The van der Waals surface area contributed by atoms with Crippen molar-refractivity contribution in [1.29, 1.82) is 0 Å². The van der Waals surface area contributed by atoms with Crippen LogP contribution in [-0.4, -0.2) is 18.4 Å². The lowest BCUT2D eigenvalue weighted by Gasteiger charge is -2.11. The van der Waals surface area contributed by atoms with Crippen LogP contribution in [0.2, 0.25) is 10.0 Å². The summed E-state index contributed by atoms with van der Waals surface area (Å²) in [6.45, 7) is 1.31. The lowest BCUT2D eigenvalue weighted by atomic mass is 10.0. The van der Waals surface area contributed by atoms with E-state index in [4.69, 9.17) is 27.9 Å². The van der Waals surface area contributed by atoms with E-state index in [1.165, 1.54) is 6.92 Å². The Morgan fingerprint density at radius 2 is 1.79 bits per heavy atom. The first-order valence-electron chi connectivity index (χ1n) is 7.63. The fourth-order valence-electron chi connectivity index (χ4n) is 2.09. The highest BCUT2D eigenvalue weighted by atomic mass is 35.5. The first-order chi connectivity index (χ1) is 13.2. The maximum atomic E-state index is 14.2. The van der Waals surface area contributed by atoms with Gasteiger partial charge in [-0.25, -0.2) is 22.4 Å². The predicted octanol–water partition coefficient (Wildman–Crippen LogP) is 5.29. The Morgan fingerprint density at radius 1 is 1.11 bits per heavy atom. The summed E-state index contributed by atoms with van der Waals surface area (Å²) in [4.78, 5) is 24.7. The number of ether oxygens (including phenoxy) is 1. The molecular formula is C18H11Cl2F4NO3. The molecule has 2 aromatic carbocycles. The second-order valence-electron chi connectivity index (χ2n) is 5.22. The molecule has 2 rings (SSSR count). The van der Waals surface area contributed by atoms with Crippen molar-refractivity contribution in [2.45, 2.75) is 6.92 Å². The molecule has 0 aliphatic rings. The third-order valence-electron chi connectivity index (χ3n) is 3.38. The lowest BCUT2D eigenvalue weighted by molar-refractivity contribution is -0.138. The molecule has 0 fully saturated rings. The molecule has 0 spiro atoms. The zero-order valence-electron chi connectivity index (χ0n) is 14.1. The van der Waals surface area contributed by atoms with Gasteiger partial charge in [0.15, 0.2) is 5.82 Å². The molecular weight excluding hydrogens is 425 g/mol. The number of halogens is 6. The number of nitrogens with one attached hydrogen (secondary N) is 1. The predicted molar refractivity (Wildman–Crippen MR) is 95.4 cm³/mol. The molecule has 148 valence electrons. The van der Waals surface area contributed by atoms with Crippen LogP contribution in [0, 0.1) is 23.3 Å². The van der Waals surface area contributed by atoms with Gasteiger partial charge in [0.05, 0.1) is 27.9 Å². The molecule has 0 aliphatic heterocycles. The Morgan fingerprint density at radius 3 is 2.39 bits per heavy atom. The van der Waals surface area contributed by atoms with Gasteiger partial charge in [0.1, 0.15) is 23.0 Å². The molecule has 1 N–H and O–H groups in total. The van der Waals surface area contributed by atoms with Gasteiger partial charge in [0.2, 0.25) is 5.78 Å². The molecule has 0 unspecified atom stereocenters. The van der Waals surface area contributed by atoms with Gasteiger partial charge in [-0.1, -0.05) is 23.2 Å². The Balaban J connectivity index is 2.50. The highest BCUT2D eigenvalue weighted by Gasteiger charge is 2.29. The van der Waals surface area contributed by atoms with E-state index in [0.717, 1.165) is 18.3 Å². The third-order valence-corrected chi connectivity index (χ3v) is 4.01. The summed E-state index contributed by atoms with van der Waals surface area (Å²) in [6.07, 6.45) is 0.721. The van der Waals surface area contributed by atoms with E-state index in [0.29, 0.717) is 12.1 Å². The van der Waals surface area contributed by atoms with E-state index in [-0.39, 0.29) is 12.3 Å². The van der Waals surface area contributed by atoms with Crippen LogP contribution in [0.4, 0.5) is 23.2 Å².